The Labute approximate surface area is 133 Å². The maximum atomic E-state index is 11.7. The Hall–Kier alpha value is -1.30. The lowest BCUT2D eigenvalue weighted by molar-refractivity contribution is -0.143. The highest BCUT2D eigenvalue weighted by Crippen LogP contribution is 2.24. The van der Waals surface area contributed by atoms with Crippen LogP contribution in [0.2, 0.25) is 10.0 Å². The van der Waals surface area contributed by atoms with Gasteiger partial charge in [0, 0.05) is 12.1 Å². The van der Waals surface area contributed by atoms with E-state index in [-0.39, 0.29) is 18.4 Å². The molecule has 2 N–H and O–H groups in total. The molecule has 0 spiro atoms. The van der Waals surface area contributed by atoms with Gasteiger partial charge in [-0.25, -0.2) is 0 Å². The van der Waals surface area contributed by atoms with E-state index in [0.717, 1.165) is 0 Å². The summed E-state index contributed by atoms with van der Waals surface area (Å²) in [6.07, 6.45) is 0.966. The van der Waals surface area contributed by atoms with Crippen molar-refractivity contribution in [3.05, 3.63) is 28.2 Å². The van der Waals surface area contributed by atoms with Gasteiger partial charge in [-0.2, -0.15) is 0 Å². The molecule has 0 saturated heterocycles. The fourth-order valence-electron chi connectivity index (χ4n) is 1.57. The lowest BCUT2D eigenvalue weighted by atomic mass is 10.3. The molecule has 0 heterocycles. The lowest BCUT2D eigenvalue weighted by Crippen LogP contribution is -2.29. The number of nitrogens with one attached hydrogen (secondary N) is 2. The molecule has 0 aliphatic rings. The first kappa shape index (κ1) is 17.8. The fourth-order valence-corrected chi connectivity index (χ4v) is 1.87. The third-order valence-corrected chi connectivity index (χ3v) is 3.27. The van der Waals surface area contributed by atoms with Crippen LogP contribution in [0.3, 0.4) is 0 Å². The number of hydrogen-bond donors (Lipinski definition) is 2. The summed E-state index contributed by atoms with van der Waals surface area (Å²) in [5.74, 6) is -0.413. The van der Waals surface area contributed by atoms with E-state index in [2.05, 4.69) is 10.6 Å². The summed E-state index contributed by atoms with van der Waals surface area (Å²) in [5, 5.41) is 6.47. The van der Waals surface area contributed by atoms with Gasteiger partial charge in [0.1, 0.15) is 0 Å². The van der Waals surface area contributed by atoms with Crippen LogP contribution < -0.4 is 10.6 Å². The summed E-state index contributed by atoms with van der Waals surface area (Å²) >= 11 is 11.6. The molecule has 5 nitrogen and oxygen atoms in total. The van der Waals surface area contributed by atoms with Gasteiger partial charge in [-0.05, 0) is 38.1 Å². The van der Waals surface area contributed by atoms with Crippen molar-refractivity contribution in [3.63, 3.8) is 0 Å². The van der Waals surface area contributed by atoms with Crippen LogP contribution in [-0.2, 0) is 14.3 Å². The zero-order valence-electron chi connectivity index (χ0n) is 11.7. The second-order valence-electron chi connectivity index (χ2n) is 4.26. The molecule has 0 aliphatic carbocycles. The standard InChI is InChI=1S/C14H18Cl2N2O3/c1-2-21-14(20)4-3-7-17-9-13(19)18-10-5-6-11(15)12(16)8-10/h5-6,8,17H,2-4,7,9H2,1H3,(H,18,19). The molecule has 0 aliphatic heterocycles. The molecule has 0 radical (unpaired) electrons. The number of halogens is 2. The predicted molar refractivity (Wildman–Crippen MR) is 83.8 cm³/mol. The Morgan fingerprint density at radius 1 is 1.24 bits per heavy atom. The lowest BCUT2D eigenvalue weighted by Gasteiger charge is -2.07. The van der Waals surface area contributed by atoms with Gasteiger partial charge in [0.2, 0.25) is 5.91 Å². The highest BCUT2D eigenvalue weighted by atomic mass is 35.5. The molecule has 0 fully saturated rings. The zero-order valence-corrected chi connectivity index (χ0v) is 13.3. The largest absolute Gasteiger partial charge is 0.466 e. The molecule has 7 heteroatoms. The van der Waals surface area contributed by atoms with Gasteiger partial charge in [0.05, 0.1) is 23.2 Å². The molecule has 116 valence electrons. The van der Waals surface area contributed by atoms with Gasteiger partial charge in [0.15, 0.2) is 0 Å². The van der Waals surface area contributed by atoms with E-state index in [1.165, 1.54) is 0 Å². The van der Waals surface area contributed by atoms with Crippen LogP contribution in [0, 0.1) is 0 Å². The average molecular weight is 333 g/mol. The van der Waals surface area contributed by atoms with Gasteiger partial charge in [0.25, 0.3) is 0 Å². The van der Waals surface area contributed by atoms with Crippen LogP contribution in [0.15, 0.2) is 18.2 Å². The number of carbonyl (C=O) groups excluding carboxylic acids is 2. The van der Waals surface area contributed by atoms with E-state index < -0.39 is 0 Å². The minimum absolute atomic E-state index is 0.156. The van der Waals surface area contributed by atoms with Crippen LogP contribution >= 0.6 is 23.2 Å². The molecule has 1 aromatic rings. The highest BCUT2D eigenvalue weighted by molar-refractivity contribution is 6.42. The molecule has 0 unspecified atom stereocenters. The van der Waals surface area contributed by atoms with Crippen molar-refractivity contribution >= 4 is 40.8 Å². The molecule has 0 saturated carbocycles. The molecule has 21 heavy (non-hydrogen) atoms. The van der Waals surface area contributed by atoms with E-state index in [1.807, 2.05) is 0 Å². The van der Waals surface area contributed by atoms with Crippen molar-refractivity contribution in [2.75, 3.05) is 25.0 Å². The number of benzene rings is 1. The van der Waals surface area contributed by atoms with Gasteiger partial charge in [-0.1, -0.05) is 23.2 Å². The van der Waals surface area contributed by atoms with E-state index in [9.17, 15) is 9.59 Å². The topological polar surface area (TPSA) is 67.4 Å². The SMILES string of the molecule is CCOC(=O)CCCNCC(=O)Nc1ccc(Cl)c(Cl)c1. The predicted octanol–water partition coefficient (Wildman–Crippen LogP) is 2.86. The van der Waals surface area contributed by atoms with Gasteiger partial charge in [-0.15, -0.1) is 0 Å². The number of amides is 1. The van der Waals surface area contributed by atoms with Crippen molar-refractivity contribution in [3.8, 4) is 0 Å². The molecule has 0 atom stereocenters. The van der Waals surface area contributed by atoms with Crippen molar-refractivity contribution in [1.29, 1.82) is 0 Å². The molecular weight excluding hydrogens is 315 g/mol. The summed E-state index contributed by atoms with van der Waals surface area (Å²) in [6, 6.07) is 4.88. The molecule has 1 aromatic carbocycles. The number of hydrogen-bond acceptors (Lipinski definition) is 4. The Kier molecular flexibility index (Phi) is 8.12. The van der Waals surface area contributed by atoms with E-state index in [0.29, 0.717) is 41.7 Å². The first-order chi connectivity index (χ1) is 10.0. The molecular formula is C14H18Cl2N2O3. The van der Waals surface area contributed by atoms with Gasteiger partial charge in [-0.3, -0.25) is 9.59 Å². The van der Waals surface area contributed by atoms with Crippen LogP contribution in [-0.4, -0.2) is 31.6 Å². The fraction of sp³-hybridized carbons (Fsp3) is 0.429. The van der Waals surface area contributed by atoms with Crippen LogP contribution in [0.25, 0.3) is 0 Å². The third kappa shape index (κ3) is 7.32. The van der Waals surface area contributed by atoms with Crippen molar-refractivity contribution in [2.24, 2.45) is 0 Å². The average Bonchev–Trinajstić information content (AvgIpc) is 2.43. The second kappa shape index (κ2) is 9.60. The van der Waals surface area contributed by atoms with Crippen LogP contribution in [0.5, 0.6) is 0 Å². The van der Waals surface area contributed by atoms with Crippen LogP contribution in [0.1, 0.15) is 19.8 Å². The second-order valence-corrected chi connectivity index (χ2v) is 5.08. The summed E-state index contributed by atoms with van der Waals surface area (Å²) in [6.45, 7) is 2.87. The Bertz CT molecular complexity index is 495. The normalized spacial score (nSPS) is 10.2. The van der Waals surface area contributed by atoms with E-state index >= 15 is 0 Å². The first-order valence-corrected chi connectivity index (χ1v) is 7.39. The number of ether oxygens (including phenoxy) is 1. The Balaban J connectivity index is 2.19. The minimum atomic E-state index is -0.223. The van der Waals surface area contributed by atoms with E-state index in [1.54, 1.807) is 25.1 Å². The van der Waals surface area contributed by atoms with E-state index in [4.69, 9.17) is 27.9 Å². The third-order valence-electron chi connectivity index (χ3n) is 2.53. The summed E-state index contributed by atoms with van der Waals surface area (Å²) < 4.78 is 4.80. The van der Waals surface area contributed by atoms with Crippen molar-refractivity contribution in [2.45, 2.75) is 19.8 Å². The number of carbonyl (C=O) groups is 2. The monoisotopic (exact) mass is 332 g/mol. The smallest absolute Gasteiger partial charge is 0.305 e. The Morgan fingerprint density at radius 2 is 2.00 bits per heavy atom. The summed E-state index contributed by atoms with van der Waals surface area (Å²) in [5.41, 5.74) is 0.586. The summed E-state index contributed by atoms with van der Waals surface area (Å²) in [7, 11) is 0. The van der Waals surface area contributed by atoms with Crippen molar-refractivity contribution in [1.82, 2.24) is 5.32 Å². The number of anilines is 1. The maximum Gasteiger partial charge on any atom is 0.305 e. The number of esters is 1. The molecule has 0 aromatic heterocycles. The minimum Gasteiger partial charge on any atom is -0.466 e. The Morgan fingerprint density at radius 3 is 2.67 bits per heavy atom. The first-order valence-electron chi connectivity index (χ1n) is 6.64. The molecule has 1 amide bonds. The van der Waals surface area contributed by atoms with Gasteiger partial charge < -0.3 is 15.4 Å². The zero-order chi connectivity index (χ0) is 15.7. The maximum absolute atomic E-state index is 11.7. The summed E-state index contributed by atoms with van der Waals surface area (Å²) in [4.78, 5) is 22.8. The molecule has 1 rings (SSSR count). The van der Waals surface area contributed by atoms with Crippen LogP contribution in [0.4, 0.5) is 5.69 Å². The van der Waals surface area contributed by atoms with Crippen molar-refractivity contribution < 1.29 is 14.3 Å². The quantitative estimate of drug-likeness (QED) is 0.567. The molecule has 0 bridgehead atoms. The van der Waals surface area contributed by atoms with Gasteiger partial charge >= 0.3 is 5.97 Å². The number of rotatable bonds is 8. The highest BCUT2D eigenvalue weighted by Gasteiger charge is 2.05.